The monoisotopic (exact) mass is 364 g/mol. The molecule has 0 bridgehead atoms. The number of aromatic amines is 1. The Morgan fingerprint density at radius 3 is 2.38 bits per heavy atom. The average Bonchev–Trinajstić information content (AvgIpc) is 2.92. The van der Waals surface area contributed by atoms with Crippen molar-refractivity contribution in [2.75, 3.05) is 0 Å². The van der Waals surface area contributed by atoms with Gasteiger partial charge in [-0.15, -0.1) is 0 Å². The minimum Gasteiger partial charge on any atom is -0.870 e. The summed E-state index contributed by atoms with van der Waals surface area (Å²) in [5.74, 6) is -0.386. The van der Waals surface area contributed by atoms with Crippen LogP contribution in [0.15, 0.2) is 53.3 Å². The topological polar surface area (TPSA) is 105 Å². The van der Waals surface area contributed by atoms with Gasteiger partial charge in [-0.3, -0.25) is 4.79 Å². The summed E-state index contributed by atoms with van der Waals surface area (Å²) in [4.78, 5) is 14.6. The highest BCUT2D eigenvalue weighted by atomic mass is 19.4. The molecule has 0 saturated carbocycles. The van der Waals surface area contributed by atoms with Gasteiger partial charge >= 0.3 is 23.3 Å². The summed E-state index contributed by atoms with van der Waals surface area (Å²) >= 11 is 0. The molecule has 0 aliphatic carbocycles. The molecule has 26 heavy (non-hydrogen) atoms. The number of fused-ring (bicyclic) bond motifs is 3. The lowest BCUT2D eigenvalue weighted by Gasteiger charge is -2.05. The first-order valence-corrected chi connectivity index (χ1v) is 7.19. The van der Waals surface area contributed by atoms with Crippen molar-refractivity contribution in [3.8, 4) is 11.6 Å². The molecule has 4 aromatic rings. The molecule has 2 heterocycles. The third kappa shape index (κ3) is 2.56. The van der Waals surface area contributed by atoms with Crippen LogP contribution in [-0.2, 0) is 6.18 Å². The van der Waals surface area contributed by atoms with Crippen molar-refractivity contribution in [2.45, 2.75) is 6.18 Å². The molecule has 4 rings (SSSR count). The van der Waals surface area contributed by atoms with Gasteiger partial charge < -0.3 is 10.6 Å². The number of nitrogens with one attached hydrogen (secondary N) is 1. The Balaban J connectivity index is 0.00000196. The lowest BCUT2D eigenvalue weighted by Crippen LogP contribution is -2.30. The molecule has 134 valence electrons. The fourth-order valence-electron chi connectivity index (χ4n) is 2.64. The minimum atomic E-state index is -4.45. The Morgan fingerprint density at radius 2 is 1.73 bits per heavy atom. The molecule has 0 aliphatic rings. The first-order valence-electron chi connectivity index (χ1n) is 7.19. The molecule has 0 radical (unpaired) electrons. The van der Waals surface area contributed by atoms with Crippen LogP contribution in [0.4, 0.5) is 13.2 Å². The molecular weight excluding hydrogens is 353 g/mol. The van der Waals surface area contributed by atoms with Crippen molar-refractivity contribution in [2.24, 2.45) is 0 Å². The van der Waals surface area contributed by atoms with Crippen LogP contribution in [0, 0.1) is 0 Å². The third-order valence-electron chi connectivity index (χ3n) is 3.85. The van der Waals surface area contributed by atoms with E-state index in [9.17, 15) is 23.1 Å². The molecule has 0 unspecified atom stereocenters. The zero-order valence-electron chi connectivity index (χ0n) is 12.9. The summed E-state index contributed by atoms with van der Waals surface area (Å²) in [6.07, 6.45) is -4.45. The van der Waals surface area contributed by atoms with E-state index in [0.717, 1.165) is 16.8 Å². The Morgan fingerprint density at radius 1 is 1.08 bits per heavy atom. The van der Waals surface area contributed by atoms with Crippen molar-refractivity contribution in [1.82, 2.24) is 14.9 Å². The van der Waals surface area contributed by atoms with Gasteiger partial charge in [0.2, 0.25) is 0 Å². The Hall–Kier alpha value is -3.40. The number of halogens is 3. The van der Waals surface area contributed by atoms with E-state index in [0.29, 0.717) is 10.9 Å². The number of benzene rings is 2. The number of hydrogen-bond donors (Lipinski definition) is 2. The number of aromatic nitrogens is 4. The summed E-state index contributed by atoms with van der Waals surface area (Å²) in [6.45, 7) is 0. The zero-order chi connectivity index (χ0) is 17.8. The molecule has 7 nitrogen and oxygen atoms in total. The summed E-state index contributed by atoms with van der Waals surface area (Å²) in [5, 5.41) is 14.9. The highest BCUT2D eigenvalue weighted by molar-refractivity contribution is 5.75. The molecule has 0 atom stereocenters. The molecule has 2 aromatic heterocycles. The second kappa shape index (κ2) is 5.85. The van der Waals surface area contributed by atoms with Crippen LogP contribution in [0.5, 0.6) is 5.88 Å². The maximum Gasteiger partial charge on any atom is 0.416 e. The maximum atomic E-state index is 12.7. The van der Waals surface area contributed by atoms with Gasteiger partial charge in [-0.1, -0.05) is 21.3 Å². The third-order valence-corrected chi connectivity index (χ3v) is 3.85. The van der Waals surface area contributed by atoms with Gasteiger partial charge in [0.05, 0.1) is 10.9 Å². The van der Waals surface area contributed by atoms with Crippen molar-refractivity contribution in [1.29, 1.82) is 0 Å². The number of para-hydroxylation sites is 1. The van der Waals surface area contributed by atoms with Crippen LogP contribution < -0.4 is 10.1 Å². The molecule has 0 spiro atoms. The van der Waals surface area contributed by atoms with Crippen molar-refractivity contribution < 1.29 is 28.3 Å². The highest BCUT2D eigenvalue weighted by Crippen LogP contribution is 2.30. The fourth-order valence-corrected chi connectivity index (χ4v) is 2.64. The number of hydrogen-bond acceptors (Lipinski definition) is 4. The second-order valence-corrected chi connectivity index (χ2v) is 5.40. The van der Waals surface area contributed by atoms with E-state index >= 15 is 0 Å². The zero-order valence-corrected chi connectivity index (χ0v) is 12.9. The standard InChI is InChI=1S/C16H9F3N4O2.H2O/c17-16(18,19)9-5-7-10(8-6-9)22-15(25)13-20-14(24)11-3-1-2-4-12(11)23(13)21-22;/h1-8,21H;1H2. The molecule has 3 N–H and O–H groups in total. The number of H-pyrrole nitrogens is 1. The number of alkyl halides is 3. The largest absolute Gasteiger partial charge is 0.870 e. The highest BCUT2D eigenvalue weighted by Gasteiger charge is 2.31. The molecule has 0 saturated heterocycles. The van der Waals surface area contributed by atoms with Crippen LogP contribution in [0.25, 0.3) is 22.2 Å². The molecular formula is C16H11F3N4O3. The van der Waals surface area contributed by atoms with E-state index in [-0.39, 0.29) is 22.7 Å². The van der Waals surface area contributed by atoms with Crippen LogP contribution in [0.3, 0.4) is 0 Å². The van der Waals surface area contributed by atoms with Gasteiger partial charge in [0.25, 0.3) is 0 Å². The smallest absolute Gasteiger partial charge is 0.416 e. The summed E-state index contributed by atoms with van der Waals surface area (Å²) in [6, 6.07) is 10.8. The summed E-state index contributed by atoms with van der Waals surface area (Å²) < 4.78 is 40.4. The lowest BCUT2D eigenvalue weighted by molar-refractivity contribution is -0.558. The molecule has 10 heteroatoms. The molecule has 0 amide bonds. The normalized spacial score (nSPS) is 11.7. The van der Waals surface area contributed by atoms with Gasteiger partial charge in [0, 0.05) is 5.21 Å². The van der Waals surface area contributed by atoms with E-state index in [1.807, 2.05) is 0 Å². The average molecular weight is 364 g/mol. The van der Waals surface area contributed by atoms with Crippen molar-refractivity contribution in [3.63, 3.8) is 0 Å². The molecule has 0 aliphatic heterocycles. The number of aromatic hydroxyl groups is 1. The van der Waals surface area contributed by atoms with E-state index in [1.54, 1.807) is 24.3 Å². The Kier molecular flexibility index (Phi) is 3.92. The van der Waals surface area contributed by atoms with Crippen LogP contribution in [-0.4, -0.2) is 25.5 Å². The first-order chi connectivity index (χ1) is 11.9. The summed E-state index contributed by atoms with van der Waals surface area (Å²) in [7, 11) is 0. The Labute approximate surface area is 142 Å². The van der Waals surface area contributed by atoms with Gasteiger partial charge in [-0.2, -0.15) is 13.2 Å². The van der Waals surface area contributed by atoms with Crippen molar-refractivity contribution >= 4 is 16.6 Å². The van der Waals surface area contributed by atoms with Crippen LogP contribution in [0.2, 0.25) is 0 Å². The SMILES string of the molecule is O=c1[nH]c2c(O)n(-c3ccc(C(F)(F)F)cc3)n[n+]2c2ccccc12.[OH-]. The molecule has 2 aromatic carbocycles. The minimum absolute atomic E-state index is 0. The Bertz CT molecular complexity index is 1160. The predicted octanol–water partition coefficient (Wildman–Crippen LogP) is 2.00. The fraction of sp³-hybridized carbons (Fsp3) is 0.0625. The van der Waals surface area contributed by atoms with Crippen LogP contribution >= 0.6 is 0 Å². The van der Waals surface area contributed by atoms with Crippen molar-refractivity contribution in [3.05, 3.63) is 64.4 Å². The van der Waals surface area contributed by atoms with Gasteiger partial charge in [0.15, 0.2) is 0 Å². The van der Waals surface area contributed by atoms with Gasteiger partial charge in [-0.25, -0.2) is 4.98 Å². The van der Waals surface area contributed by atoms with E-state index in [4.69, 9.17) is 0 Å². The second-order valence-electron chi connectivity index (χ2n) is 5.40. The van der Waals surface area contributed by atoms with Gasteiger partial charge in [-0.05, 0) is 36.4 Å². The lowest BCUT2D eigenvalue weighted by atomic mass is 10.2. The first kappa shape index (κ1) is 17.4. The summed E-state index contributed by atoms with van der Waals surface area (Å²) in [5.41, 5.74) is -0.484. The number of rotatable bonds is 1. The molecule has 0 fully saturated rings. The van der Waals surface area contributed by atoms with E-state index < -0.39 is 17.3 Å². The predicted molar refractivity (Wildman–Crippen MR) is 83.5 cm³/mol. The number of nitrogens with zero attached hydrogens (tertiary/aromatic N) is 3. The maximum absolute atomic E-state index is 12.7. The van der Waals surface area contributed by atoms with E-state index in [2.05, 4.69) is 10.2 Å². The van der Waals surface area contributed by atoms with E-state index in [1.165, 1.54) is 16.6 Å². The van der Waals surface area contributed by atoms with Crippen LogP contribution in [0.1, 0.15) is 5.56 Å². The van der Waals surface area contributed by atoms with Gasteiger partial charge in [0.1, 0.15) is 11.2 Å². The quantitative estimate of drug-likeness (QED) is 0.504.